The fraction of sp³-hybridized carbons (Fsp3) is 0.429. The molecule has 1 unspecified atom stereocenters. The quantitative estimate of drug-likeness (QED) is 0.820. The van der Waals surface area contributed by atoms with Gasteiger partial charge in [-0.1, -0.05) is 44.2 Å². The SMILES string of the molecule is CNC(=O)C(Cc1ccccc1)NC(=O)C(C)C. The number of likely N-dealkylation sites (N-methyl/N-ethyl adjacent to an activating group) is 1. The molecule has 0 saturated heterocycles. The van der Waals surface area contributed by atoms with Crippen LogP contribution in [-0.2, 0) is 16.0 Å². The van der Waals surface area contributed by atoms with E-state index in [0.717, 1.165) is 5.56 Å². The standard InChI is InChI=1S/C14H20N2O2/c1-10(2)13(17)16-12(14(18)15-3)9-11-7-5-4-6-8-11/h4-8,10,12H,9H2,1-3H3,(H,15,18)(H,16,17). The Morgan fingerprint density at radius 3 is 2.22 bits per heavy atom. The molecule has 0 radical (unpaired) electrons. The molecule has 2 amide bonds. The number of hydrogen-bond donors (Lipinski definition) is 2. The van der Waals surface area contributed by atoms with E-state index < -0.39 is 6.04 Å². The van der Waals surface area contributed by atoms with Crippen LogP contribution in [-0.4, -0.2) is 24.9 Å². The highest BCUT2D eigenvalue weighted by Gasteiger charge is 2.21. The average Bonchev–Trinajstić information content (AvgIpc) is 2.38. The summed E-state index contributed by atoms with van der Waals surface area (Å²) in [5, 5.41) is 5.34. The van der Waals surface area contributed by atoms with Gasteiger partial charge >= 0.3 is 0 Å². The zero-order chi connectivity index (χ0) is 13.5. The molecule has 0 spiro atoms. The summed E-state index contributed by atoms with van der Waals surface area (Å²) in [7, 11) is 1.57. The van der Waals surface area contributed by atoms with Gasteiger partial charge in [-0.15, -0.1) is 0 Å². The van der Waals surface area contributed by atoms with Crippen LogP contribution in [0, 0.1) is 5.92 Å². The molecule has 4 nitrogen and oxygen atoms in total. The van der Waals surface area contributed by atoms with Gasteiger partial charge in [-0.05, 0) is 5.56 Å². The molecule has 0 bridgehead atoms. The van der Waals surface area contributed by atoms with Gasteiger partial charge in [0.2, 0.25) is 11.8 Å². The molecule has 1 rings (SSSR count). The zero-order valence-electron chi connectivity index (χ0n) is 11.1. The first kappa shape index (κ1) is 14.2. The number of rotatable bonds is 5. The van der Waals surface area contributed by atoms with Crippen LogP contribution in [0.2, 0.25) is 0 Å². The Bertz CT molecular complexity index is 402. The summed E-state index contributed by atoms with van der Waals surface area (Å²) in [5.74, 6) is -0.416. The van der Waals surface area contributed by atoms with E-state index in [-0.39, 0.29) is 17.7 Å². The van der Waals surface area contributed by atoms with Crippen LogP contribution >= 0.6 is 0 Å². The normalized spacial score (nSPS) is 12.0. The second-order valence-corrected chi connectivity index (χ2v) is 4.52. The average molecular weight is 248 g/mol. The molecule has 0 aliphatic heterocycles. The molecule has 4 heteroatoms. The minimum atomic E-state index is -0.521. The van der Waals surface area contributed by atoms with Gasteiger partial charge in [-0.2, -0.15) is 0 Å². The molecule has 1 atom stereocenters. The Hall–Kier alpha value is -1.84. The van der Waals surface area contributed by atoms with Gasteiger partial charge in [0.25, 0.3) is 0 Å². The number of carbonyl (C=O) groups is 2. The molecule has 0 aromatic heterocycles. The molecule has 0 fully saturated rings. The smallest absolute Gasteiger partial charge is 0.242 e. The molecule has 2 N–H and O–H groups in total. The van der Waals surface area contributed by atoms with Crippen molar-refractivity contribution in [2.45, 2.75) is 26.3 Å². The maximum atomic E-state index is 11.7. The van der Waals surface area contributed by atoms with Crippen LogP contribution in [0.4, 0.5) is 0 Å². The van der Waals surface area contributed by atoms with E-state index in [1.54, 1.807) is 20.9 Å². The van der Waals surface area contributed by atoms with E-state index in [1.807, 2.05) is 30.3 Å². The molecule has 98 valence electrons. The Labute approximate surface area is 108 Å². The maximum Gasteiger partial charge on any atom is 0.242 e. The highest BCUT2D eigenvalue weighted by Crippen LogP contribution is 2.04. The third-order valence-corrected chi connectivity index (χ3v) is 2.69. The monoisotopic (exact) mass is 248 g/mol. The van der Waals surface area contributed by atoms with E-state index in [9.17, 15) is 9.59 Å². The number of amides is 2. The second kappa shape index (κ2) is 6.79. The molecule has 1 aromatic carbocycles. The topological polar surface area (TPSA) is 58.2 Å². The van der Waals surface area contributed by atoms with E-state index >= 15 is 0 Å². The molecule has 18 heavy (non-hydrogen) atoms. The summed E-state index contributed by atoms with van der Waals surface area (Å²) in [6.07, 6.45) is 0.499. The molecular weight excluding hydrogens is 228 g/mol. The van der Waals surface area contributed by atoms with Crippen molar-refractivity contribution in [3.8, 4) is 0 Å². The van der Waals surface area contributed by atoms with Gasteiger partial charge in [0.1, 0.15) is 6.04 Å². The zero-order valence-corrected chi connectivity index (χ0v) is 11.1. The lowest BCUT2D eigenvalue weighted by Gasteiger charge is -2.18. The number of hydrogen-bond acceptors (Lipinski definition) is 2. The molecule has 0 aliphatic carbocycles. The first-order valence-corrected chi connectivity index (χ1v) is 6.10. The van der Waals surface area contributed by atoms with Crippen molar-refractivity contribution in [3.05, 3.63) is 35.9 Å². The van der Waals surface area contributed by atoms with E-state index in [1.165, 1.54) is 0 Å². The second-order valence-electron chi connectivity index (χ2n) is 4.52. The van der Waals surface area contributed by atoms with Gasteiger partial charge in [-0.3, -0.25) is 9.59 Å². The lowest BCUT2D eigenvalue weighted by atomic mass is 10.0. The highest BCUT2D eigenvalue weighted by molar-refractivity contribution is 5.88. The van der Waals surface area contributed by atoms with Gasteiger partial charge in [0.05, 0.1) is 0 Å². The van der Waals surface area contributed by atoms with Crippen molar-refractivity contribution in [1.29, 1.82) is 0 Å². The molecule has 0 aliphatic rings. The number of nitrogens with one attached hydrogen (secondary N) is 2. The molecular formula is C14H20N2O2. The number of carbonyl (C=O) groups excluding carboxylic acids is 2. The summed E-state index contributed by atoms with van der Waals surface area (Å²) in [6.45, 7) is 3.61. The predicted octanol–water partition coefficient (Wildman–Crippen LogP) is 1.12. The van der Waals surface area contributed by atoms with Crippen LogP contribution in [0.1, 0.15) is 19.4 Å². The largest absolute Gasteiger partial charge is 0.357 e. The molecule has 0 saturated carbocycles. The molecule has 1 aromatic rings. The third-order valence-electron chi connectivity index (χ3n) is 2.69. The van der Waals surface area contributed by atoms with Gasteiger partial charge in [0, 0.05) is 19.4 Å². The Morgan fingerprint density at radius 1 is 1.11 bits per heavy atom. The predicted molar refractivity (Wildman–Crippen MR) is 71.0 cm³/mol. The minimum absolute atomic E-state index is 0.112. The lowest BCUT2D eigenvalue weighted by Crippen LogP contribution is -2.48. The third kappa shape index (κ3) is 4.20. The first-order chi connectivity index (χ1) is 8.54. The summed E-state index contributed by atoms with van der Waals surface area (Å²) in [4.78, 5) is 23.4. The van der Waals surface area contributed by atoms with E-state index in [0.29, 0.717) is 6.42 Å². The van der Waals surface area contributed by atoms with E-state index in [2.05, 4.69) is 10.6 Å². The Kier molecular flexibility index (Phi) is 5.36. The lowest BCUT2D eigenvalue weighted by molar-refractivity contribution is -0.130. The summed E-state index contributed by atoms with van der Waals surface area (Å²) < 4.78 is 0. The first-order valence-electron chi connectivity index (χ1n) is 6.10. The minimum Gasteiger partial charge on any atom is -0.357 e. The Balaban J connectivity index is 2.73. The van der Waals surface area contributed by atoms with Crippen LogP contribution < -0.4 is 10.6 Å². The van der Waals surface area contributed by atoms with Crippen molar-refractivity contribution in [1.82, 2.24) is 10.6 Å². The maximum absolute atomic E-state index is 11.7. The van der Waals surface area contributed by atoms with E-state index in [4.69, 9.17) is 0 Å². The van der Waals surface area contributed by atoms with Crippen molar-refractivity contribution in [2.75, 3.05) is 7.05 Å². The highest BCUT2D eigenvalue weighted by atomic mass is 16.2. The van der Waals surface area contributed by atoms with Gasteiger partial charge < -0.3 is 10.6 Å². The van der Waals surface area contributed by atoms with Crippen molar-refractivity contribution >= 4 is 11.8 Å². The van der Waals surface area contributed by atoms with Crippen molar-refractivity contribution in [3.63, 3.8) is 0 Å². The summed E-state index contributed by atoms with van der Waals surface area (Å²) in [5.41, 5.74) is 1.02. The fourth-order valence-corrected chi connectivity index (χ4v) is 1.57. The summed E-state index contributed by atoms with van der Waals surface area (Å²) in [6, 6.07) is 9.12. The van der Waals surface area contributed by atoms with Crippen molar-refractivity contribution < 1.29 is 9.59 Å². The van der Waals surface area contributed by atoms with Crippen molar-refractivity contribution in [2.24, 2.45) is 5.92 Å². The van der Waals surface area contributed by atoms with Gasteiger partial charge in [-0.25, -0.2) is 0 Å². The van der Waals surface area contributed by atoms with Crippen LogP contribution in [0.5, 0.6) is 0 Å². The fourth-order valence-electron chi connectivity index (χ4n) is 1.57. The number of benzene rings is 1. The van der Waals surface area contributed by atoms with Crippen LogP contribution in [0.15, 0.2) is 30.3 Å². The summed E-state index contributed by atoms with van der Waals surface area (Å²) >= 11 is 0. The van der Waals surface area contributed by atoms with Gasteiger partial charge in [0.15, 0.2) is 0 Å². The molecule has 0 heterocycles. The van der Waals surface area contributed by atoms with Crippen LogP contribution in [0.3, 0.4) is 0 Å². The van der Waals surface area contributed by atoms with Crippen LogP contribution in [0.25, 0.3) is 0 Å². The Morgan fingerprint density at radius 2 is 1.72 bits per heavy atom.